The highest BCUT2D eigenvalue weighted by molar-refractivity contribution is 5.91. The standard InChI is InChI=1S/C17H25N5O2/c1-5-8-21-16(23)7-6-15(20-21)17(24)18-10-12(2)11-22-14(4)9-13(3)19-22/h6-7,9,12H,5,8,10-11H2,1-4H3,(H,18,24)/t12-/m1/s1. The summed E-state index contributed by atoms with van der Waals surface area (Å²) in [5.74, 6) is -0.0337. The van der Waals surface area contributed by atoms with Crippen LogP contribution >= 0.6 is 0 Å². The van der Waals surface area contributed by atoms with Gasteiger partial charge in [-0.15, -0.1) is 0 Å². The lowest BCUT2D eigenvalue weighted by Gasteiger charge is -2.14. The van der Waals surface area contributed by atoms with Crippen LogP contribution in [0.3, 0.4) is 0 Å². The van der Waals surface area contributed by atoms with Crippen LogP contribution in [0.4, 0.5) is 0 Å². The number of hydrogen-bond donors (Lipinski definition) is 1. The van der Waals surface area contributed by atoms with Crippen LogP contribution < -0.4 is 10.9 Å². The maximum atomic E-state index is 12.2. The summed E-state index contributed by atoms with van der Waals surface area (Å²) in [5.41, 5.74) is 2.18. The molecule has 130 valence electrons. The van der Waals surface area contributed by atoms with E-state index in [1.807, 2.05) is 31.5 Å². The summed E-state index contributed by atoms with van der Waals surface area (Å²) in [6, 6.07) is 4.89. The second-order valence-corrected chi connectivity index (χ2v) is 6.20. The van der Waals surface area contributed by atoms with Crippen molar-refractivity contribution in [2.75, 3.05) is 6.54 Å². The third kappa shape index (κ3) is 4.53. The lowest BCUT2D eigenvalue weighted by molar-refractivity contribution is 0.0939. The van der Waals surface area contributed by atoms with E-state index in [4.69, 9.17) is 0 Å². The zero-order valence-corrected chi connectivity index (χ0v) is 14.7. The van der Waals surface area contributed by atoms with Crippen LogP contribution in [-0.4, -0.2) is 32.0 Å². The molecule has 7 nitrogen and oxygen atoms in total. The van der Waals surface area contributed by atoms with Crippen LogP contribution in [0.25, 0.3) is 0 Å². The molecule has 2 aromatic heterocycles. The Kier molecular flexibility index (Phi) is 5.89. The van der Waals surface area contributed by atoms with E-state index in [1.165, 1.54) is 16.8 Å². The first kappa shape index (κ1) is 17.9. The molecule has 0 aliphatic heterocycles. The fourth-order valence-electron chi connectivity index (χ4n) is 2.52. The van der Waals surface area contributed by atoms with E-state index in [0.717, 1.165) is 24.4 Å². The largest absolute Gasteiger partial charge is 0.350 e. The van der Waals surface area contributed by atoms with Gasteiger partial charge in [-0.1, -0.05) is 13.8 Å². The number of aryl methyl sites for hydroxylation is 3. The fourth-order valence-corrected chi connectivity index (χ4v) is 2.52. The van der Waals surface area contributed by atoms with Crippen LogP contribution in [0.1, 0.15) is 42.1 Å². The number of amides is 1. The van der Waals surface area contributed by atoms with E-state index in [2.05, 4.69) is 22.4 Å². The number of carbonyl (C=O) groups is 1. The molecule has 2 heterocycles. The normalized spacial score (nSPS) is 12.2. The van der Waals surface area contributed by atoms with Gasteiger partial charge in [0.25, 0.3) is 11.5 Å². The minimum Gasteiger partial charge on any atom is -0.350 e. The van der Waals surface area contributed by atoms with Crippen molar-refractivity contribution < 1.29 is 4.79 Å². The lowest BCUT2D eigenvalue weighted by atomic mass is 10.2. The predicted octanol–water partition coefficient (Wildman–Crippen LogP) is 1.53. The molecule has 0 bridgehead atoms. The van der Waals surface area contributed by atoms with Gasteiger partial charge in [-0.25, -0.2) is 4.68 Å². The Morgan fingerprint density at radius 2 is 2.00 bits per heavy atom. The Morgan fingerprint density at radius 3 is 2.62 bits per heavy atom. The molecule has 0 fully saturated rings. The zero-order valence-electron chi connectivity index (χ0n) is 14.7. The number of aromatic nitrogens is 4. The monoisotopic (exact) mass is 331 g/mol. The number of rotatable bonds is 7. The third-order valence-corrected chi connectivity index (χ3v) is 3.73. The Labute approximate surface area is 141 Å². The van der Waals surface area contributed by atoms with Crippen LogP contribution in [0, 0.1) is 19.8 Å². The molecule has 0 radical (unpaired) electrons. The molecule has 0 aromatic carbocycles. The van der Waals surface area contributed by atoms with Crippen molar-refractivity contribution in [3.63, 3.8) is 0 Å². The zero-order chi connectivity index (χ0) is 17.7. The molecule has 1 N–H and O–H groups in total. The Bertz CT molecular complexity index is 763. The molecule has 0 aliphatic carbocycles. The van der Waals surface area contributed by atoms with Gasteiger partial charge in [-0.3, -0.25) is 14.3 Å². The molecule has 1 atom stereocenters. The van der Waals surface area contributed by atoms with E-state index < -0.39 is 0 Å². The molecule has 0 spiro atoms. The number of nitrogens with zero attached hydrogens (tertiary/aromatic N) is 4. The van der Waals surface area contributed by atoms with Gasteiger partial charge >= 0.3 is 0 Å². The maximum Gasteiger partial charge on any atom is 0.271 e. The molecule has 1 amide bonds. The van der Waals surface area contributed by atoms with E-state index >= 15 is 0 Å². The topological polar surface area (TPSA) is 81.8 Å². The summed E-state index contributed by atoms with van der Waals surface area (Å²) in [5, 5.41) is 11.4. The molecule has 0 unspecified atom stereocenters. The number of nitrogens with one attached hydrogen (secondary N) is 1. The first-order chi connectivity index (χ1) is 11.4. The Hall–Kier alpha value is -2.44. The van der Waals surface area contributed by atoms with Gasteiger partial charge in [0.15, 0.2) is 0 Å². The quantitative estimate of drug-likeness (QED) is 0.834. The van der Waals surface area contributed by atoms with E-state index in [-0.39, 0.29) is 23.1 Å². The van der Waals surface area contributed by atoms with Gasteiger partial charge in [-0.05, 0) is 38.3 Å². The van der Waals surface area contributed by atoms with Gasteiger partial charge in [0.1, 0.15) is 5.69 Å². The van der Waals surface area contributed by atoms with Crippen LogP contribution in [-0.2, 0) is 13.1 Å². The first-order valence-electron chi connectivity index (χ1n) is 8.28. The van der Waals surface area contributed by atoms with Crippen LogP contribution in [0.15, 0.2) is 23.0 Å². The second-order valence-electron chi connectivity index (χ2n) is 6.20. The lowest BCUT2D eigenvalue weighted by Crippen LogP contribution is -2.33. The highest BCUT2D eigenvalue weighted by atomic mass is 16.2. The third-order valence-electron chi connectivity index (χ3n) is 3.73. The summed E-state index contributed by atoms with van der Waals surface area (Å²) < 4.78 is 3.28. The van der Waals surface area contributed by atoms with E-state index in [9.17, 15) is 9.59 Å². The molecule has 2 rings (SSSR count). The van der Waals surface area contributed by atoms with Crippen molar-refractivity contribution in [3.05, 3.63) is 45.6 Å². The van der Waals surface area contributed by atoms with Gasteiger partial charge in [0.2, 0.25) is 0 Å². The average molecular weight is 331 g/mol. The smallest absolute Gasteiger partial charge is 0.271 e. The second kappa shape index (κ2) is 7.90. The van der Waals surface area contributed by atoms with Crippen molar-refractivity contribution >= 4 is 5.91 Å². The molecule has 0 saturated heterocycles. The van der Waals surface area contributed by atoms with E-state index in [0.29, 0.717) is 13.1 Å². The summed E-state index contributed by atoms with van der Waals surface area (Å²) >= 11 is 0. The van der Waals surface area contributed by atoms with Crippen molar-refractivity contribution in [2.24, 2.45) is 5.92 Å². The van der Waals surface area contributed by atoms with Crippen LogP contribution in [0.5, 0.6) is 0 Å². The number of hydrogen-bond acceptors (Lipinski definition) is 4. The van der Waals surface area contributed by atoms with Crippen molar-refractivity contribution in [3.8, 4) is 0 Å². The van der Waals surface area contributed by atoms with Crippen molar-refractivity contribution in [1.82, 2.24) is 24.9 Å². The van der Waals surface area contributed by atoms with Gasteiger partial charge in [0.05, 0.1) is 5.69 Å². The maximum absolute atomic E-state index is 12.2. The molecule has 0 saturated carbocycles. The minimum atomic E-state index is -0.264. The van der Waals surface area contributed by atoms with Crippen molar-refractivity contribution in [1.29, 1.82) is 0 Å². The molecular formula is C17H25N5O2. The van der Waals surface area contributed by atoms with Crippen molar-refractivity contribution in [2.45, 2.75) is 47.2 Å². The highest BCUT2D eigenvalue weighted by Crippen LogP contribution is 2.06. The summed E-state index contributed by atoms with van der Waals surface area (Å²) in [7, 11) is 0. The Morgan fingerprint density at radius 1 is 1.25 bits per heavy atom. The van der Waals surface area contributed by atoms with E-state index in [1.54, 1.807) is 0 Å². The minimum absolute atomic E-state index is 0.189. The summed E-state index contributed by atoms with van der Waals surface area (Å²) in [6.07, 6.45) is 0.789. The van der Waals surface area contributed by atoms with Gasteiger partial charge in [-0.2, -0.15) is 10.2 Å². The first-order valence-corrected chi connectivity index (χ1v) is 8.28. The molecule has 7 heteroatoms. The molecular weight excluding hydrogens is 306 g/mol. The highest BCUT2D eigenvalue weighted by Gasteiger charge is 2.12. The SMILES string of the molecule is CCCn1nc(C(=O)NC[C@@H](C)Cn2nc(C)cc2C)ccc1=O. The number of carbonyl (C=O) groups excluding carboxylic acids is 1. The van der Waals surface area contributed by atoms with Gasteiger partial charge < -0.3 is 5.32 Å². The predicted molar refractivity (Wildman–Crippen MR) is 92.0 cm³/mol. The fraction of sp³-hybridized carbons (Fsp3) is 0.529. The average Bonchev–Trinajstić information content (AvgIpc) is 2.85. The molecule has 2 aromatic rings. The molecule has 24 heavy (non-hydrogen) atoms. The van der Waals surface area contributed by atoms with Gasteiger partial charge in [0, 0.05) is 31.4 Å². The Balaban J connectivity index is 1.94. The molecule has 0 aliphatic rings. The summed E-state index contributed by atoms with van der Waals surface area (Å²) in [6.45, 7) is 9.77. The summed E-state index contributed by atoms with van der Waals surface area (Å²) in [4.78, 5) is 23.9. The van der Waals surface area contributed by atoms with Crippen LogP contribution in [0.2, 0.25) is 0 Å².